The number of hydrogen-bond acceptors (Lipinski definition) is 6. The summed E-state index contributed by atoms with van der Waals surface area (Å²) in [5.74, 6) is 0.331. The molecule has 6 nitrogen and oxygen atoms in total. The number of H-pyrrole nitrogens is 1. The zero-order valence-corrected chi connectivity index (χ0v) is 9.68. The van der Waals surface area contributed by atoms with E-state index < -0.39 is 0 Å². The highest BCUT2D eigenvalue weighted by Gasteiger charge is 2.08. The molecule has 84 valence electrons. The summed E-state index contributed by atoms with van der Waals surface area (Å²) in [6, 6.07) is 0. The van der Waals surface area contributed by atoms with Crippen molar-refractivity contribution in [2.75, 3.05) is 11.1 Å². The first-order valence-corrected chi connectivity index (χ1v) is 5.44. The number of aromatic amines is 1. The topological polar surface area (TPSA) is 96.7 Å². The van der Waals surface area contributed by atoms with Gasteiger partial charge in [-0.15, -0.1) is 11.3 Å². The molecule has 0 radical (unpaired) electrons. The Morgan fingerprint density at radius 3 is 2.88 bits per heavy atom. The van der Waals surface area contributed by atoms with Gasteiger partial charge in [0.05, 0.1) is 12.0 Å². The molecule has 7 heteroatoms. The van der Waals surface area contributed by atoms with Crippen molar-refractivity contribution in [3.63, 3.8) is 0 Å². The maximum atomic E-state index is 11.2. The summed E-state index contributed by atoms with van der Waals surface area (Å²) < 4.78 is 0. The number of hydrogen-bond donors (Lipinski definition) is 3. The molecule has 0 spiro atoms. The molecule has 0 aliphatic rings. The van der Waals surface area contributed by atoms with Gasteiger partial charge in [0.15, 0.2) is 10.9 Å². The van der Waals surface area contributed by atoms with E-state index in [1.165, 1.54) is 17.7 Å². The van der Waals surface area contributed by atoms with Crippen molar-refractivity contribution in [2.45, 2.75) is 13.8 Å². The molecule has 0 aromatic carbocycles. The molecule has 0 fully saturated rings. The molecule has 2 aromatic heterocycles. The van der Waals surface area contributed by atoms with E-state index in [4.69, 9.17) is 5.73 Å². The van der Waals surface area contributed by atoms with Gasteiger partial charge >= 0.3 is 0 Å². The van der Waals surface area contributed by atoms with Crippen LogP contribution < -0.4 is 16.6 Å². The molecule has 2 rings (SSSR count). The first-order valence-electron chi connectivity index (χ1n) is 4.62. The Bertz CT molecular complexity index is 554. The van der Waals surface area contributed by atoms with E-state index in [1.807, 2.05) is 13.8 Å². The number of nitrogen functional groups attached to an aromatic ring is 1. The molecule has 0 amide bonds. The van der Waals surface area contributed by atoms with Gasteiger partial charge in [-0.05, 0) is 13.8 Å². The van der Waals surface area contributed by atoms with E-state index in [2.05, 4.69) is 20.3 Å². The van der Waals surface area contributed by atoms with Crippen LogP contribution >= 0.6 is 11.3 Å². The Labute approximate surface area is 95.6 Å². The van der Waals surface area contributed by atoms with Crippen LogP contribution in [0.15, 0.2) is 11.1 Å². The molecule has 16 heavy (non-hydrogen) atoms. The molecule has 0 saturated carbocycles. The van der Waals surface area contributed by atoms with Gasteiger partial charge in [0, 0.05) is 4.88 Å². The molecule has 0 aliphatic carbocycles. The van der Waals surface area contributed by atoms with E-state index in [-0.39, 0.29) is 11.2 Å². The molecule has 2 heterocycles. The summed E-state index contributed by atoms with van der Waals surface area (Å²) in [5.41, 5.74) is 6.24. The Hall–Kier alpha value is -1.89. The van der Waals surface area contributed by atoms with Gasteiger partial charge in [-0.25, -0.2) is 9.97 Å². The summed E-state index contributed by atoms with van der Waals surface area (Å²) >= 11 is 1.49. The van der Waals surface area contributed by atoms with Gasteiger partial charge in [0.25, 0.3) is 5.56 Å². The van der Waals surface area contributed by atoms with E-state index in [1.54, 1.807) is 0 Å². The third-order valence-corrected chi connectivity index (χ3v) is 3.13. The lowest BCUT2D eigenvalue weighted by Gasteiger charge is -2.02. The van der Waals surface area contributed by atoms with E-state index in [0.717, 1.165) is 10.6 Å². The van der Waals surface area contributed by atoms with Gasteiger partial charge in [0.2, 0.25) is 0 Å². The smallest absolute Gasteiger partial charge is 0.276 e. The number of thiazole rings is 1. The Morgan fingerprint density at radius 1 is 1.50 bits per heavy atom. The van der Waals surface area contributed by atoms with Crippen LogP contribution in [0.1, 0.15) is 10.6 Å². The van der Waals surface area contributed by atoms with Crippen LogP contribution in [-0.2, 0) is 0 Å². The fourth-order valence-corrected chi connectivity index (χ4v) is 1.95. The first kappa shape index (κ1) is 10.6. The summed E-state index contributed by atoms with van der Waals surface area (Å²) in [6.45, 7) is 3.90. The largest absolute Gasteiger partial charge is 0.391 e. The maximum Gasteiger partial charge on any atom is 0.276 e. The summed E-state index contributed by atoms with van der Waals surface area (Å²) in [7, 11) is 0. The SMILES string of the molecule is Cc1nc(Nc2nc[nH]c(=O)c2N)sc1C. The molecule has 0 aliphatic heterocycles. The number of anilines is 3. The highest BCUT2D eigenvalue weighted by atomic mass is 32.1. The average Bonchev–Trinajstić information content (AvgIpc) is 2.54. The molecular formula is C9H11N5OS. The molecule has 0 atom stereocenters. The number of rotatable bonds is 2. The van der Waals surface area contributed by atoms with Crippen molar-refractivity contribution in [1.29, 1.82) is 0 Å². The number of aryl methyl sites for hydroxylation is 2. The van der Waals surface area contributed by atoms with Crippen LogP contribution in [0.4, 0.5) is 16.6 Å². The lowest BCUT2D eigenvalue weighted by atomic mass is 10.4. The number of nitrogens with one attached hydrogen (secondary N) is 2. The fraction of sp³-hybridized carbons (Fsp3) is 0.222. The Balaban J connectivity index is 2.34. The van der Waals surface area contributed by atoms with Gasteiger partial charge in [-0.3, -0.25) is 4.79 Å². The zero-order valence-electron chi connectivity index (χ0n) is 8.87. The highest BCUT2D eigenvalue weighted by molar-refractivity contribution is 7.15. The van der Waals surface area contributed by atoms with Gasteiger partial charge < -0.3 is 16.0 Å². The predicted octanol–water partition coefficient (Wildman–Crippen LogP) is 1.17. The minimum atomic E-state index is -0.359. The molecular weight excluding hydrogens is 226 g/mol. The Morgan fingerprint density at radius 2 is 2.25 bits per heavy atom. The minimum absolute atomic E-state index is 0.0630. The molecule has 0 saturated heterocycles. The lowest BCUT2D eigenvalue weighted by molar-refractivity contribution is 1.12. The van der Waals surface area contributed by atoms with Crippen LogP contribution in [-0.4, -0.2) is 15.0 Å². The van der Waals surface area contributed by atoms with Crippen LogP contribution in [0.5, 0.6) is 0 Å². The van der Waals surface area contributed by atoms with Crippen LogP contribution in [0.3, 0.4) is 0 Å². The van der Waals surface area contributed by atoms with Gasteiger partial charge in [0.1, 0.15) is 5.69 Å². The quantitative estimate of drug-likeness (QED) is 0.728. The Kier molecular flexibility index (Phi) is 2.61. The molecule has 0 bridgehead atoms. The second-order valence-electron chi connectivity index (χ2n) is 3.28. The summed E-state index contributed by atoms with van der Waals surface area (Å²) in [5, 5.41) is 3.61. The van der Waals surface area contributed by atoms with E-state index in [9.17, 15) is 4.79 Å². The number of nitrogens with zero attached hydrogens (tertiary/aromatic N) is 2. The first-order chi connectivity index (χ1) is 7.58. The predicted molar refractivity (Wildman–Crippen MR) is 64.1 cm³/mol. The second kappa shape index (κ2) is 3.93. The lowest BCUT2D eigenvalue weighted by Crippen LogP contribution is -2.14. The van der Waals surface area contributed by atoms with Gasteiger partial charge in [-0.2, -0.15) is 0 Å². The van der Waals surface area contributed by atoms with E-state index >= 15 is 0 Å². The van der Waals surface area contributed by atoms with Crippen LogP contribution in [0.25, 0.3) is 0 Å². The standard InChI is InChI=1S/C9H11N5OS/c1-4-5(2)16-9(13-4)14-7-6(10)8(15)12-3-11-7/h3H,10H2,1-2H3,(H2,11,12,13,14,15). The van der Waals surface area contributed by atoms with E-state index in [0.29, 0.717) is 10.9 Å². The maximum absolute atomic E-state index is 11.2. The molecule has 2 aromatic rings. The molecule has 4 N–H and O–H groups in total. The third kappa shape index (κ3) is 1.89. The van der Waals surface area contributed by atoms with Crippen molar-refractivity contribution in [2.24, 2.45) is 0 Å². The normalized spacial score (nSPS) is 10.4. The fourth-order valence-electron chi connectivity index (χ4n) is 1.14. The number of aromatic nitrogens is 3. The summed E-state index contributed by atoms with van der Waals surface area (Å²) in [6.07, 6.45) is 1.30. The third-order valence-electron chi connectivity index (χ3n) is 2.14. The van der Waals surface area contributed by atoms with Crippen molar-refractivity contribution in [3.05, 3.63) is 27.3 Å². The second-order valence-corrected chi connectivity index (χ2v) is 4.48. The molecule has 0 unspecified atom stereocenters. The average molecular weight is 237 g/mol. The van der Waals surface area contributed by atoms with Crippen molar-refractivity contribution >= 4 is 28.0 Å². The van der Waals surface area contributed by atoms with Gasteiger partial charge in [-0.1, -0.05) is 0 Å². The van der Waals surface area contributed by atoms with Crippen molar-refractivity contribution in [1.82, 2.24) is 15.0 Å². The number of nitrogens with two attached hydrogens (primary N) is 1. The van der Waals surface area contributed by atoms with Crippen LogP contribution in [0, 0.1) is 13.8 Å². The summed E-state index contributed by atoms with van der Waals surface area (Å²) in [4.78, 5) is 23.0. The zero-order chi connectivity index (χ0) is 11.7. The minimum Gasteiger partial charge on any atom is -0.391 e. The van der Waals surface area contributed by atoms with Crippen molar-refractivity contribution < 1.29 is 0 Å². The van der Waals surface area contributed by atoms with Crippen LogP contribution in [0.2, 0.25) is 0 Å². The van der Waals surface area contributed by atoms with Crippen molar-refractivity contribution in [3.8, 4) is 0 Å². The highest BCUT2D eigenvalue weighted by Crippen LogP contribution is 2.24. The monoisotopic (exact) mass is 237 g/mol.